The van der Waals surface area contributed by atoms with Crippen LogP contribution in [-0.2, 0) is 10.0 Å². The lowest BCUT2D eigenvalue weighted by atomic mass is 10.1. The number of aromatic nitrogens is 2. The fraction of sp³-hybridized carbons (Fsp3) is 0.222. The van der Waals surface area contributed by atoms with Crippen molar-refractivity contribution in [3.8, 4) is 0 Å². The molecule has 146 valence electrons. The molecule has 0 atom stereocenters. The molecule has 1 aromatic heterocycles. The van der Waals surface area contributed by atoms with Crippen LogP contribution in [0.3, 0.4) is 0 Å². The first kappa shape index (κ1) is 22.1. The maximum atomic E-state index is 12.6. The van der Waals surface area contributed by atoms with Crippen molar-refractivity contribution in [3.63, 3.8) is 0 Å². The smallest absolute Gasteiger partial charge is 0.325 e. The van der Waals surface area contributed by atoms with Gasteiger partial charge in [-0.3, -0.25) is 14.5 Å². The second kappa shape index (κ2) is 9.70. The van der Waals surface area contributed by atoms with Crippen molar-refractivity contribution >= 4 is 26.5 Å². The van der Waals surface area contributed by atoms with Crippen molar-refractivity contribution in [2.75, 3.05) is 11.8 Å². The molecule has 9 heteroatoms. The lowest BCUT2D eigenvalue weighted by molar-refractivity contribution is 0.602. The molecule has 8 nitrogen and oxygen atoms in total. The van der Waals surface area contributed by atoms with E-state index in [1.807, 2.05) is 37.9 Å². The SMILES string of the molecule is CC.CN.Cc1cccc2c(S(=O)(=O)Nc3c[nH]c(=O)[nH]c3=O)cccc12. The maximum Gasteiger partial charge on any atom is 0.325 e. The number of rotatable bonds is 3. The molecule has 0 fully saturated rings. The summed E-state index contributed by atoms with van der Waals surface area (Å²) in [4.78, 5) is 26.9. The average Bonchev–Trinajstić information content (AvgIpc) is 2.67. The van der Waals surface area contributed by atoms with E-state index in [9.17, 15) is 18.0 Å². The summed E-state index contributed by atoms with van der Waals surface area (Å²) in [5, 5.41) is 1.37. The molecule has 0 bridgehead atoms. The lowest BCUT2D eigenvalue weighted by Crippen LogP contribution is -2.26. The van der Waals surface area contributed by atoms with E-state index >= 15 is 0 Å². The van der Waals surface area contributed by atoms with Crippen LogP contribution in [0.2, 0.25) is 0 Å². The van der Waals surface area contributed by atoms with E-state index in [1.54, 1.807) is 18.2 Å². The molecular formula is C18H24N4O4S. The molecule has 0 aliphatic rings. The number of anilines is 1. The molecule has 0 radical (unpaired) electrons. The highest BCUT2D eigenvalue weighted by atomic mass is 32.2. The van der Waals surface area contributed by atoms with Gasteiger partial charge >= 0.3 is 5.69 Å². The van der Waals surface area contributed by atoms with Gasteiger partial charge in [0.05, 0.1) is 4.90 Å². The molecule has 0 aliphatic carbocycles. The molecule has 3 aromatic rings. The van der Waals surface area contributed by atoms with Crippen LogP contribution in [0, 0.1) is 6.92 Å². The van der Waals surface area contributed by atoms with Gasteiger partial charge < -0.3 is 10.7 Å². The van der Waals surface area contributed by atoms with E-state index in [4.69, 9.17) is 0 Å². The van der Waals surface area contributed by atoms with E-state index in [1.165, 1.54) is 13.1 Å². The normalized spacial score (nSPS) is 10.3. The molecule has 1 heterocycles. The third-order valence-electron chi connectivity index (χ3n) is 3.45. The van der Waals surface area contributed by atoms with E-state index in [-0.39, 0.29) is 10.6 Å². The topological polar surface area (TPSA) is 138 Å². The Balaban J connectivity index is 0.000000855. The Morgan fingerprint density at radius 2 is 1.56 bits per heavy atom. The third kappa shape index (κ3) is 5.05. The van der Waals surface area contributed by atoms with Gasteiger partial charge in [-0.25, -0.2) is 13.2 Å². The minimum absolute atomic E-state index is 0.0595. The number of hydrogen-bond donors (Lipinski definition) is 4. The number of aryl methyl sites for hydroxylation is 1. The van der Waals surface area contributed by atoms with Crippen LogP contribution < -0.4 is 21.7 Å². The van der Waals surface area contributed by atoms with Crippen molar-refractivity contribution in [2.24, 2.45) is 5.73 Å². The number of hydrogen-bond acceptors (Lipinski definition) is 5. The Morgan fingerprint density at radius 1 is 0.963 bits per heavy atom. The number of aromatic amines is 2. The predicted molar refractivity (Wildman–Crippen MR) is 109 cm³/mol. The number of nitrogens with one attached hydrogen (secondary N) is 3. The molecule has 2 aromatic carbocycles. The van der Waals surface area contributed by atoms with Crippen LogP contribution in [0.1, 0.15) is 19.4 Å². The Labute approximate surface area is 157 Å². The van der Waals surface area contributed by atoms with E-state index in [2.05, 4.69) is 15.4 Å². The summed E-state index contributed by atoms with van der Waals surface area (Å²) < 4.78 is 27.4. The van der Waals surface area contributed by atoms with Crippen molar-refractivity contribution < 1.29 is 8.42 Å². The standard InChI is InChI=1S/C15H13N3O4S.C2H6.CH5N/c1-9-4-2-6-11-10(9)5-3-7-13(11)23(21,22)18-12-8-16-15(20)17-14(12)19;2*1-2/h2-8,18H,1H3,(H2,16,17,19,20);1-2H3;2H2,1H3. The molecular weight excluding hydrogens is 368 g/mol. The van der Waals surface area contributed by atoms with Gasteiger partial charge in [0.1, 0.15) is 5.69 Å². The highest BCUT2D eigenvalue weighted by Crippen LogP contribution is 2.26. The second-order valence-corrected chi connectivity index (χ2v) is 6.67. The van der Waals surface area contributed by atoms with Gasteiger partial charge in [-0.15, -0.1) is 0 Å². The van der Waals surface area contributed by atoms with Crippen molar-refractivity contribution in [1.29, 1.82) is 0 Å². The first-order valence-electron chi connectivity index (χ1n) is 8.29. The molecule has 3 rings (SSSR count). The first-order valence-corrected chi connectivity index (χ1v) is 9.78. The molecule has 0 aliphatic heterocycles. The molecule has 0 spiro atoms. The predicted octanol–water partition coefficient (Wildman–Crippen LogP) is 1.93. The largest absolute Gasteiger partial charge is 0.333 e. The Kier molecular flexibility index (Phi) is 7.95. The lowest BCUT2D eigenvalue weighted by Gasteiger charge is -2.10. The van der Waals surface area contributed by atoms with E-state index in [0.717, 1.165) is 17.1 Å². The van der Waals surface area contributed by atoms with Crippen LogP contribution in [0.4, 0.5) is 5.69 Å². The Morgan fingerprint density at radius 3 is 2.19 bits per heavy atom. The zero-order chi connectivity index (χ0) is 20.6. The summed E-state index contributed by atoms with van der Waals surface area (Å²) in [7, 11) is -2.48. The second-order valence-electron chi connectivity index (χ2n) is 5.02. The molecule has 0 saturated carbocycles. The highest BCUT2D eigenvalue weighted by molar-refractivity contribution is 7.93. The van der Waals surface area contributed by atoms with E-state index in [0.29, 0.717) is 5.39 Å². The van der Waals surface area contributed by atoms with Crippen molar-refractivity contribution in [2.45, 2.75) is 25.7 Å². The zero-order valence-electron chi connectivity index (χ0n) is 15.7. The van der Waals surface area contributed by atoms with Gasteiger partial charge in [0.2, 0.25) is 0 Å². The number of fused-ring (bicyclic) bond motifs is 1. The van der Waals surface area contributed by atoms with Crippen LogP contribution in [-0.4, -0.2) is 25.4 Å². The minimum atomic E-state index is -3.98. The van der Waals surface area contributed by atoms with Crippen molar-refractivity contribution in [1.82, 2.24) is 9.97 Å². The molecule has 27 heavy (non-hydrogen) atoms. The monoisotopic (exact) mass is 392 g/mol. The van der Waals surface area contributed by atoms with Gasteiger partial charge in [-0.05, 0) is 31.0 Å². The van der Waals surface area contributed by atoms with Gasteiger partial charge in [0.25, 0.3) is 15.6 Å². The number of benzene rings is 2. The molecule has 5 N–H and O–H groups in total. The number of nitrogens with two attached hydrogens (primary N) is 1. The van der Waals surface area contributed by atoms with Crippen LogP contribution in [0.5, 0.6) is 0 Å². The number of H-pyrrole nitrogens is 2. The van der Waals surface area contributed by atoms with Crippen LogP contribution in [0.25, 0.3) is 10.8 Å². The van der Waals surface area contributed by atoms with E-state index < -0.39 is 21.3 Å². The summed E-state index contributed by atoms with van der Waals surface area (Å²) >= 11 is 0. The van der Waals surface area contributed by atoms with Gasteiger partial charge in [0.15, 0.2) is 0 Å². The van der Waals surface area contributed by atoms with Gasteiger partial charge in [-0.2, -0.15) is 0 Å². The fourth-order valence-electron chi connectivity index (χ4n) is 2.36. The first-order chi connectivity index (χ1) is 12.9. The summed E-state index contributed by atoms with van der Waals surface area (Å²) in [5.41, 5.74) is 3.67. The molecule has 0 saturated heterocycles. The Bertz CT molecular complexity index is 1120. The summed E-state index contributed by atoms with van der Waals surface area (Å²) in [6.07, 6.45) is 1.02. The van der Waals surface area contributed by atoms with Gasteiger partial charge in [0, 0.05) is 11.6 Å². The fourth-order valence-corrected chi connectivity index (χ4v) is 3.63. The zero-order valence-corrected chi connectivity index (χ0v) is 16.5. The minimum Gasteiger partial charge on any atom is -0.333 e. The summed E-state index contributed by atoms with van der Waals surface area (Å²) in [5.74, 6) is 0. The average molecular weight is 392 g/mol. The Hall–Kier alpha value is -2.91. The third-order valence-corrected chi connectivity index (χ3v) is 4.88. The number of sulfonamides is 1. The highest BCUT2D eigenvalue weighted by Gasteiger charge is 2.19. The quantitative estimate of drug-likeness (QED) is 0.539. The molecule has 0 amide bonds. The summed E-state index contributed by atoms with van der Waals surface area (Å²) in [6.45, 7) is 5.89. The maximum absolute atomic E-state index is 12.6. The van der Waals surface area contributed by atoms with Crippen LogP contribution >= 0.6 is 0 Å². The summed E-state index contributed by atoms with van der Waals surface area (Å²) in [6, 6.07) is 10.3. The molecule has 0 unspecified atom stereocenters. The van der Waals surface area contributed by atoms with Gasteiger partial charge in [-0.1, -0.05) is 44.2 Å². The van der Waals surface area contributed by atoms with Crippen molar-refractivity contribution in [3.05, 3.63) is 69.0 Å². The van der Waals surface area contributed by atoms with Crippen LogP contribution in [0.15, 0.2) is 57.1 Å².